The summed E-state index contributed by atoms with van der Waals surface area (Å²) in [6.45, 7) is 1.68. The van der Waals surface area contributed by atoms with Crippen molar-refractivity contribution >= 4 is 22.7 Å². The normalized spacial score (nSPS) is 11.6. The number of oxazole rings is 1. The second-order valence-corrected chi connectivity index (χ2v) is 6.56. The minimum absolute atomic E-state index is 0.0107. The number of aryl methyl sites for hydroxylation is 1. The lowest BCUT2D eigenvalue weighted by Gasteiger charge is -2.08. The summed E-state index contributed by atoms with van der Waals surface area (Å²) in [6, 6.07) is 20.3. The van der Waals surface area contributed by atoms with Crippen LogP contribution in [-0.4, -0.2) is 17.1 Å². The zero-order valence-corrected chi connectivity index (χ0v) is 15.2. The van der Waals surface area contributed by atoms with Gasteiger partial charge in [-0.3, -0.25) is 4.79 Å². The van der Waals surface area contributed by atoms with Crippen molar-refractivity contribution in [3.05, 3.63) is 72.3 Å². The molecule has 0 atom stereocenters. The van der Waals surface area contributed by atoms with Gasteiger partial charge >= 0.3 is 12.1 Å². The van der Waals surface area contributed by atoms with Gasteiger partial charge in [-0.15, -0.1) is 0 Å². The maximum atomic E-state index is 12.5. The van der Waals surface area contributed by atoms with Crippen LogP contribution in [0.5, 0.6) is 0 Å². The molecule has 0 fully saturated rings. The molecule has 0 saturated heterocycles. The standard InChI is InChI=1S/C22H15F3N2O2/c1-13-11-17(26-21(28)22(23,24)25)12-18-19(13)29-20(27-18)16-9-7-15(8-10-16)14-5-3-2-4-6-14/h2-12H,1H3,(H,26,28). The van der Waals surface area contributed by atoms with Crippen LogP contribution in [0.15, 0.2) is 71.1 Å². The highest BCUT2D eigenvalue weighted by atomic mass is 19.4. The van der Waals surface area contributed by atoms with Crippen molar-refractivity contribution in [2.45, 2.75) is 13.1 Å². The molecule has 1 aromatic heterocycles. The molecule has 0 aliphatic heterocycles. The lowest BCUT2D eigenvalue weighted by molar-refractivity contribution is -0.167. The summed E-state index contributed by atoms with van der Waals surface area (Å²) < 4.78 is 43.3. The highest BCUT2D eigenvalue weighted by Gasteiger charge is 2.38. The Morgan fingerprint density at radius 2 is 1.55 bits per heavy atom. The number of fused-ring (bicyclic) bond motifs is 1. The molecule has 4 aromatic rings. The summed E-state index contributed by atoms with van der Waals surface area (Å²) in [5.74, 6) is -1.68. The van der Waals surface area contributed by atoms with Crippen LogP contribution in [0.1, 0.15) is 5.56 Å². The lowest BCUT2D eigenvalue weighted by Crippen LogP contribution is -2.29. The molecule has 1 heterocycles. The molecule has 4 rings (SSSR count). The third-order valence-electron chi connectivity index (χ3n) is 4.43. The van der Waals surface area contributed by atoms with Crippen LogP contribution in [-0.2, 0) is 4.79 Å². The first-order chi connectivity index (χ1) is 13.8. The maximum Gasteiger partial charge on any atom is 0.471 e. The van der Waals surface area contributed by atoms with E-state index < -0.39 is 12.1 Å². The first-order valence-electron chi connectivity index (χ1n) is 8.76. The van der Waals surface area contributed by atoms with Gasteiger partial charge in [0.15, 0.2) is 5.58 Å². The smallest absolute Gasteiger partial charge is 0.436 e. The van der Waals surface area contributed by atoms with Gasteiger partial charge in [-0.2, -0.15) is 13.2 Å². The molecule has 1 N–H and O–H groups in total. The minimum Gasteiger partial charge on any atom is -0.436 e. The summed E-state index contributed by atoms with van der Waals surface area (Å²) >= 11 is 0. The summed E-state index contributed by atoms with van der Waals surface area (Å²) in [4.78, 5) is 15.6. The van der Waals surface area contributed by atoms with Crippen LogP contribution in [0, 0.1) is 6.92 Å². The number of rotatable bonds is 3. The zero-order chi connectivity index (χ0) is 20.6. The Morgan fingerprint density at radius 1 is 0.931 bits per heavy atom. The Labute approximate surface area is 164 Å². The molecule has 0 aliphatic rings. The highest BCUT2D eigenvalue weighted by molar-refractivity contribution is 5.97. The quantitative estimate of drug-likeness (QED) is 0.464. The molecule has 146 valence electrons. The van der Waals surface area contributed by atoms with Crippen molar-refractivity contribution in [2.75, 3.05) is 5.32 Å². The molecule has 1 amide bonds. The number of nitrogens with zero attached hydrogens (tertiary/aromatic N) is 1. The van der Waals surface area contributed by atoms with E-state index in [4.69, 9.17) is 4.42 Å². The van der Waals surface area contributed by atoms with Gasteiger partial charge in [-0.1, -0.05) is 42.5 Å². The molecular formula is C22H15F3N2O2. The fourth-order valence-corrected chi connectivity index (χ4v) is 3.03. The van der Waals surface area contributed by atoms with E-state index in [1.807, 2.05) is 59.9 Å². The number of hydrogen-bond acceptors (Lipinski definition) is 3. The molecule has 0 saturated carbocycles. The number of carbonyl (C=O) groups is 1. The van der Waals surface area contributed by atoms with Crippen molar-refractivity contribution < 1.29 is 22.4 Å². The van der Waals surface area contributed by atoms with Gasteiger partial charge in [0.1, 0.15) is 5.52 Å². The minimum atomic E-state index is -4.96. The first-order valence-corrected chi connectivity index (χ1v) is 8.76. The largest absolute Gasteiger partial charge is 0.471 e. The van der Waals surface area contributed by atoms with Gasteiger partial charge in [0, 0.05) is 11.3 Å². The summed E-state index contributed by atoms with van der Waals surface area (Å²) in [6.07, 6.45) is -4.96. The number of benzene rings is 3. The van der Waals surface area contributed by atoms with E-state index in [2.05, 4.69) is 4.98 Å². The van der Waals surface area contributed by atoms with Gasteiger partial charge in [0.2, 0.25) is 5.89 Å². The molecule has 0 unspecified atom stereocenters. The van der Waals surface area contributed by atoms with Crippen LogP contribution in [0.2, 0.25) is 0 Å². The lowest BCUT2D eigenvalue weighted by atomic mass is 10.0. The molecule has 0 bridgehead atoms. The SMILES string of the molecule is Cc1cc(NC(=O)C(F)(F)F)cc2nc(-c3ccc(-c4ccccc4)cc3)oc12. The number of hydrogen-bond donors (Lipinski definition) is 1. The third-order valence-corrected chi connectivity index (χ3v) is 4.43. The summed E-state index contributed by atoms with van der Waals surface area (Å²) in [7, 11) is 0. The van der Waals surface area contributed by atoms with E-state index in [1.165, 1.54) is 12.1 Å². The number of halogens is 3. The Bertz CT molecular complexity index is 1180. The van der Waals surface area contributed by atoms with Crippen molar-refractivity contribution in [2.24, 2.45) is 0 Å². The van der Waals surface area contributed by atoms with E-state index in [0.717, 1.165) is 16.7 Å². The number of aromatic nitrogens is 1. The molecule has 0 spiro atoms. The van der Waals surface area contributed by atoms with Gasteiger partial charge < -0.3 is 9.73 Å². The molecule has 4 nitrogen and oxygen atoms in total. The molecule has 29 heavy (non-hydrogen) atoms. The fourth-order valence-electron chi connectivity index (χ4n) is 3.03. The molecule has 0 aliphatic carbocycles. The summed E-state index contributed by atoms with van der Waals surface area (Å²) in [5.41, 5.74) is 4.26. The summed E-state index contributed by atoms with van der Waals surface area (Å²) in [5, 5.41) is 1.84. The molecular weight excluding hydrogens is 381 g/mol. The number of amides is 1. The average Bonchev–Trinajstić information content (AvgIpc) is 3.13. The Hall–Kier alpha value is -3.61. The Balaban J connectivity index is 1.65. The van der Waals surface area contributed by atoms with Crippen molar-refractivity contribution in [3.8, 4) is 22.6 Å². The highest BCUT2D eigenvalue weighted by Crippen LogP contribution is 2.31. The predicted octanol–water partition coefficient (Wildman–Crippen LogP) is 5.97. The van der Waals surface area contributed by atoms with Crippen molar-refractivity contribution in [1.82, 2.24) is 4.98 Å². The van der Waals surface area contributed by atoms with Gasteiger partial charge in [0.25, 0.3) is 0 Å². The van der Waals surface area contributed by atoms with Crippen LogP contribution >= 0.6 is 0 Å². The van der Waals surface area contributed by atoms with Gasteiger partial charge in [0.05, 0.1) is 0 Å². The van der Waals surface area contributed by atoms with Crippen molar-refractivity contribution in [3.63, 3.8) is 0 Å². The zero-order valence-electron chi connectivity index (χ0n) is 15.2. The second-order valence-electron chi connectivity index (χ2n) is 6.56. The number of alkyl halides is 3. The average molecular weight is 396 g/mol. The Kier molecular flexibility index (Phi) is 4.58. The van der Waals surface area contributed by atoms with Gasteiger partial charge in [-0.05, 0) is 47.9 Å². The fraction of sp³-hybridized carbons (Fsp3) is 0.0909. The molecule has 7 heteroatoms. The van der Waals surface area contributed by atoms with Crippen molar-refractivity contribution in [1.29, 1.82) is 0 Å². The van der Waals surface area contributed by atoms with Gasteiger partial charge in [-0.25, -0.2) is 4.98 Å². The van der Waals surface area contributed by atoms with E-state index in [0.29, 0.717) is 22.6 Å². The number of carbonyl (C=O) groups excluding carboxylic acids is 1. The molecule has 3 aromatic carbocycles. The van der Waals surface area contributed by atoms with Crippen LogP contribution in [0.3, 0.4) is 0 Å². The second kappa shape index (κ2) is 7.09. The molecule has 0 radical (unpaired) electrons. The van der Waals surface area contributed by atoms with E-state index in [1.54, 1.807) is 6.92 Å². The van der Waals surface area contributed by atoms with Crippen LogP contribution in [0.4, 0.5) is 18.9 Å². The Morgan fingerprint density at radius 3 is 2.21 bits per heavy atom. The maximum absolute atomic E-state index is 12.5. The van der Waals surface area contributed by atoms with E-state index >= 15 is 0 Å². The number of nitrogens with one attached hydrogen (secondary N) is 1. The monoisotopic (exact) mass is 396 g/mol. The number of anilines is 1. The van der Waals surface area contributed by atoms with Crippen LogP contribution in [0.25, 0.3) is 33.7 Å². The third kappa shape index (κ3) is 3.85. The predicted molar refractivity (Wildman–Crippen MR) is 104 cm³/mol. The van der Waals surface area contributed by atoms with E-state index in [9.17, 15) is 18.0 Å². The first kappa shape index (κ1) is 18.7. The van der Waals surface area contributed by atoms with E-state index in [-0.39, 0.29) is 5.69 Å². The van der Waals surface area contributed by atoms with Crippen LogP contribution < -0.4 is 5.32 Å². The topological polar surface area (TPSA) is 55.1 Å².